The molecule has 2 aromatic rings. The largest absolute Gasteiger partial charge is 0.459 e. The molecular formula is C13H14INO. The van der Waals surface area contributed by atoms with E-state index in [1.165, 1.54) is 14.5 Å². The average Bonchev–Trinajstić information content (AvgIpc) is 2.58. The fourth-order valence-electron chi connectivity index (χ4n) is 2.45. The molecule has 0 spiro atoms. The molecule has 3 heteroatoms. The van der Waals surface area contributed by atoms with Crippen LogP contribution in [0, 0.1) is 3.57 Å². The van der Waals surface area contributed by atoms with Crippen molar-refractivity contribution in [3.63, 3.8) is 0 Å². The van der Waals surface area contributed by atoms with Crippen molar-refractivity contribution in [1.82, 2.24) is 5.32 Å². The van der Waals surface area contributed by atoms with Gasteiger partial charge in [0.2, 0.25) is 0 Å². The van der Waals surface area contributed by atoms with Gasteiger partial charge in [0.05, 0.1) is 5.54 Å². The predicted molar refractivity (Wildman–Crippen MR) is 73.7 cm³/mol. The van der Waals surface area contributed by atoms with E-state index in [4.69, 9.17) is 4.42 Å². The molecule has 1 aliphatic rings. The van der Waals surface area contributed by atoms with E-state index in [1.807, 2.05) is 0 Å². The van der Waals surface area contributed by atoms with Crippen LogP contribution in [0.4, 0.5) is 0 Å². The lowest BCUT2D eigenvalue weighted by molar-refractivity contribution is 0.310. The van der Waals surface area contributed by atoms with Crippen molar-refractivity contribution in [2.24, 2.45) is 0 Å². The van der Waals surface area contributed by atoms with Crippen molar-refractivity contribution < 1.29 is 4.42 Å². The molecule has 0 bridgehead atoms. The zero-order valence-corrected chi connectivity index (χ0v) is 11.6. The second kappa shape index (κ2) is 3.47. The highest BCUT2D eigenvalue weighted by atomic mass is 127. The Morgan fingerprint density at radius 1 is 1.38 bits per heavy atom. The molecule has 1 N–H and O–H groups in total. The standard InChI is InChI=1S/C13H14INO/c1-13(2)12-9(5-6-15-13)10-7-8(14)3-4-11(10)16-12/h3-4,7,15H,5-6H2,1-2H3. The smallest absolute Gasteiger partial charge is 0.134 e. The Morgan fingerprint density at radius 2 is 2.19 bits per heavy atom. The topological polar surface area (TPSA) is 25.2 Å². The number of hydrogen-bond acceptors (Lipinski definition) is 2. The highest BCUT2D eigenvalue weighted by Crippen LogP contribution is 2.36. The van der Waals surface area contributed by atoms with E-state index in [1.54, 1.807) is 0 Å². The van der Waals surface area contributed by atoms with Gasteiger partial charge in [0.25, 0.3) is 0 Å². The van der Waals surface area contributed by atoms with Crippen molar-refractivity contribution in [3.05, 3.63) is 33.1 Å². The van der Waals surface area contributed by atoms with Crippen molar-refractivity contribution in [2.45, 2.75) is 25.8 Å². The number of hydrogen-bond donors (Lipinski definition) is 1. The van der Waals surface area contributed by atoms with Gasteiger partial charge >= 0.3 is 0 Å². The third-order valence-electron chi connectivity index (χ3n) is 3.26. The quantitative estimate of drug-likeness (QED) is 0.750. The van der Waals surface area contributed by atoms with Crippen LogP contribution in [0.3, 0.4) is 0 Å². The molecule has 0 unspecified atom stereocenters. The minimum Gasteiger partial charge on any atom is -0.459 e. The summed E-state index contributed by atoms with van der Waals surface area (Å²) >= 11 is 2.35. The molecule has 1 aromatic heterocycles. The minimum atomic E-state index is -0.0436. The molecule has 0 fully saturated rings. The molecule has 2 nitrogen and oxygen atoms in total. The Morgan fingerprint density at radius 3 is 3.00 bits per heavy atom. The molecule has 0 aliphatic carbocycles. The van der Waals surface area contributed by atoms with Gasteiger partial charge in [-0.05, 0) is 61.1 Å². The second-order valence-electron chi connectivity index (χ2n) is 4.85. The maximum absolute atomic E-state index is 5.99. The Kier molecular flexibility index (Phi) is 2.30. The van der Waals surface area contributed by atoms with Crippen LogP contribution in [0.2, 0.25) is 0 Å². The summed E-state index contributed by atoms with van der Waals surface area (Å²) in [6, 6.07) is 6.39. The summed E-state index contributed by atoms with van der Waals surface area (Å²) in [5.74, 6) is 1.11. The van der Waals surface area contributed by atoms with Crippen molar-refractivity contribution in [3.8, 4) is 0 Å². The van der Waals surface area contributed by atoms with Gasteiger partial charge in [-0.2, -0.15) is 0 Å². The lowest BCUT2D eigenvalue weighted by Crippen LogP contribution is -2.41. The third-order valence-corrected chi connectivity index (χ3v) is 3.93. The van der Waals surface area contributed by atoms with Gasteiger partial charge in [0, 0.05) is 21.1 Å². The summed E-state index contributed by atoms with van der Waals surface area (Å²) in [4.78, 5) is 0. The Labute approximate surface area is 109 Å². The zero-order chi connectivity index (χ0) is 11.3. The van der Waals surface area contributed by atoms with Gasteiger partial charge < -0.3 is 9.73 Å². The number of halogens is 1. The van der Waals surface area contributed by atoms with Crippen LogP contribution < -0.4 is 5.32 Å². The molecule has 16 heavy (non-hydrogen) atoms. The van der Waals surface area contributed by atoms with Gasteiger partial charge in [0.1, 0.15) is 11.3 Å². The van der Waals surface area contributed by atoms with Gasteiger partial charge in [-0.25, -0.2) is 0 Å². The van der Waals surface area contributed by atoms with Gasteiger partial charge in [0.15, 0.2) is 0 Å². The first kappa shape index (κ1) is 10.6. The molecule has 84 valence electrons. The maximum atomic E-state index is 5.99. The number of benzene rings is 1. The first-order chi connectivity index (χ1) is 7.58. The summed E-state index contributed by atoms with van der Waals surface area (Å²) in [6.45, 7) is 5.39. The minimum absolute atomic E-state index is 0.0436. The van der Waals surface area contributed by atoms with E-state index in [0.717, 1.165) is 24.3 Å². The third kappa shape index (κ3) is 1.49. The highest BCUT2D eigenvalue weighted by molar-refractivity contribution is 14.1. The number of fused-ring (bicyclic) bond motifs is 3. The molecule has 1 aromatic carbocycles. The summed E-state index contributed by atoms with van der Waals surface area (Å²) in [6.07, 6.45) is 1.06. The SMILES string of the molecule is CC1(C)NCCc2c1oc1ccc(I)cc21. The molecule has 0 saturated heterocycles. The lowest BCUT2D eigenvalue weighted by Gasteiger charge is -2.29. The number of rotatable bonds is 0. The van der Waals surface area contributed by atoms with E-state index < -0.39 is 0 Å². The molecule has 0 radical (unpaired) electrons. The van der Waals surface area contributed by atoms with E-state index >= 15 is 0 Å². The Hall–Kier alpha value is -0.550. The van der Waals surface area contributed by atoms with Crippen molar-refractivity contribution in [2.75, 3.05) is 6.54 Å². The molecule has 0 amide bonds. The highest BCUT2D eigenvalue weighted by Gasteiger charge is 2.32. The average molecular weight is 327 g/mol. The van der Waals surface area contributed by atoms with Crippen LogP contribution in [0.15, 0.2) is 22.6 Å². The first-order valence-corrected chi connectivity index (χ1v) is 6.62. The Bertz CT molecular complexity index is 556. The van der Waals surface area contributed by atoms with Crippen molar-refractivity contribution >= 4 is 33.6 Å². The maximum Gasteiger partial charge on any atom is 0.134 e. The van der Waals surface area contributed by atoms with E-state index in [2.05, 4.69) is 60.0 Å². The van der Waals surface area contributed by atoms with Gasteiger partial charge in [-0.1, -0.05) is 0 Å². The molecule has 1 aliphatic heterocycles. The van der Waals surface area contributed by atoms with Gasteiger partial charge in [-0.15, -0.1) is 0 Å². The summed E-state index contributed by atoms with van der Waals surface area (Å²) < 4.78 is 7.26. The summed E-state index contributed by atoms with van der Waals surface area (Å²) in [5.41, 5.74) is 2.36. The molecule has 3 rings (SSSR count). The van der Waals surface area contributed by atoms with E-state index in [9.17, 15) is 0 Å². The monoisotopic (exact) mass is 327 g/mol. The number of furan rings is 1. The van der Waals surface area contributed by atoms with E-state index in [-0.39, 0.29) is 5.54 Å². The fourth-order valence-corrected chi connectivity index (χ4v) is 2.95. The Balaban J connectivity index is 2.33. The molecule has 0 atom stereocenters. The van der Waals surface area contributed by atoms with Crippen LogP contribution >= 0.6 is 22.6 Å². The molecule has 0 saturated carbocycles. The van der Waals surface area contributed by atoms with Crippen LogP contribution in [0.1, 0.15) is 25.2 Å². The summed E-state index contributed by atoms with van der Waals surface area (Å²) in [7, 11) is 0. The van der Waals surface area contributed by atoms with Crippen LogP contribution in [-0.2, 0) is 12.0 Å². The predicted octanol–water partition coefficient (Wildman–Crippen LogP) is 3.42. The lowest BCUT2D eigenvalue weighted by atomic mass is 9.91. The van der Waals surface area contributed by atoms with Crippen LogP contribution in [0.25, 0.3) is 11.0 Å². The van der Waals surface area contributed by atoms with Gasteiger partial charge in [-0.3, -0.25) is 0 Å². The first-order valence-electron chi connectivity index (χ1n) is 5.54. The number of nitrogens with one attached hydrogen (secondary N) is 1. The van der Waals surface area contributed by atoms with E-state index in [0.29, 0.717) is 0 Å². The second-order valence-corrected chi connectivity index (χ2v) is 6.10. The molecule has 2 heterocycles. The van der Waals surface area contributed by atoms with Crippen LogP contribution in [-0.4, -0.2) is 6.54 Å². The van der Waals surface area contributed by atoms with Crippen molar-refractivity contribution in [1.29, 1.82) is 0 Å². The van der Waals surface area contributed by atoms with Crippen LogP contribution in [0.5, 0.6) is 0 Å². The normalized spacial score (nSPS) is 18.7. The molecular weight excluding hydrogens is 313 g/mol. The fraction of sp³-hybridized carbons (Fsp3) is 0.385. The summed E-state index contributed by atoms with van der Waals surface area (Å²) in [5, 5.41) is 4.78. The zero-order valence-electron chi connectivity index (χ0n) is 9.43.